The highest BCUT2D eigenvalue weighted by molar-refractivity contribution is 6.32. The summed E-state index contributed by atoms with van der Waals surface area (Å²) in [6.45, 7) is 0. The van der Waals surface area contributed by atoms with Crippen molar-refractivity contribution < 1.29 is 26.7 Å². The predicted octanol–water partition coefficient (Wildman–Crippen LogP) is 3.86. The lowest BCUT2D eigenvalue weighted by Gasteiger charge is -2.22. The van der Waals surface area contributed by atoms with Crippen molar-refractivity contribution in [1.82, 2.24) is 9.55 Å². The van der Waals surface area contributed by atoms with Gasteiger partial charge in [0.15, 0.2) is 12.1 Å². The van der Waals surface area contributed by atoms with Crippen LogP contribution in [0.2, 0.25) is 5.02 Å². The van der Waals surface area contributed by atoms with Crippen LogP contribution in [-0.2, 0) is 0 Å². The van der Waals surface area contributed by atoms with Crippen molar-refractivity contribution in [3.05, 3.63) is 41.9 Å². The van der Waals surface area contributed by atoms with Gasteiger partial charge in [-0.3, -0.25) is 4.57 Å². The first kappa shape index (κ1) is 14.6. The average Bonchev–Trinajstić information content (AvgIpc) is 2.83. The Morgan fingerprint density at radius 3 is 2.45 bits per heavy atom. The summed E-state index contributed by atoms with van der Waals surface area (Å²) in [7, 11) is 0. The lowest BCUT2D eigenvalue weighted by Crippen LogP contribution is -2.42. The Labute approximate surface area is 114 Å². The fourth-order valence-electron chi connectivity index (χ4n) is 1.34. The highest BCUT2D eigenvalue weighted by Crippen LogP contribution is 2.41. The van der Waals surface area contributed by atoms with Gasteiger partial charge in [0, 0.05) is 12.4 Å². The molecule has 0 N–H and O–H groups in total. The molecule has 107 valence electrons. The Morgan fingerprint density at radius 1 is 1.20 bits per heavy atom. The number of hydrogen-bond donors (Lipinski definition) is 0. The molecular formula is C11H5ClF5N2O. The van der Waals surface area contributed by atoms with E-state index in [1.54, 1.807) is 0 Å². The molecule has 1 heterocycles. The summed E-state index contributed by atoms with van der Waals surface area (Å²) < 4.78 is 67.4. The van der Waals surface area contributed by atoms with Crippen molar-refractivity contribution in [2.24, 2.45) is 0 Å². The minimum absolute atomic E-state index is 0.140. The zero-order chi connectivity index (χ0) is 15.0. The smallest absolute Gasteiger partial charge is 0.422 e. The number of nitrogens with zero attached hydrogens (tertiary/aromatic N) is 2. The van der Waals surface area contributed by atoms with Crippen LogP contribution >= 0.6 is 11.6 Å². The van der Waals surface area contributed by atoms with Crippen LogP contribution in [0.25, 0.3) is 5.69 Å². The fraction of sp³-hybridized carbons (Fsp3) is 0.182. The van der Waals surface area contributed by atoms with Gasteiger partial charge in [-0.25, -0.2) is 4.98 Å². The molecule has 0 atom stereocenters. The highest BCUT2D eigenvalue weighted by atomic mass is 35.5. The normalized spacial score (nSPS) is 12.5. The maximum atomic E-state index is 13.0. The van der Waals surface area contributed by atoms with Crippen LogP contribution in [0.5, 0.6) is 5.75 Å². The molecule has 0 spiro atoms. The van der Waals surface area contributed by atoms with Gasteiger partial charge in [-0.15, -0.1) is 0 Å². The van der Waals surface area contributed by atoms with Gasteiger partial charge < -0.3 is 4.74 Å². The van der Waals surface area contributed by atoms with Crippen LogP contribution in [0, 0.1) is 6.33 Å². The van der Waals surface area contributed by atoms with Crippen LogP contribution in [0.1, 0.15) is 0 Å². The number of imidazole rings is 1. The van der Waals surface area contributed by atoms with Gasteiger partial charge >= 0.3 is 12.3 Å². The summed E-state index contributed by atoms with van der Waals surface area (Å²) in [4.78, 5) is 3.54. The van der Waals surface area contributed by atoms with Crippen LogP contribution in [0.15, 0.2) is 30.6 Å². The number of benzene rings is 1. The van der Waals surface area contributed by atoms with Crippen molar-refractivity contribution in [2.45, 2.75) is 12.3 Å². The number of alkyl halides is 5. The Hall–Kier alpha value is -1.83. The minimum Gasteiger partial charge on any atom is -0.422 e. The molecule has 0 aliphatic carbocycles. The summed E-state index contributed by atoms with van der Waals surface area (Å²) in [5, 5.41) is -0.395. The third-order valence-corrected chi connectivity index (χ3v) is 2.52. The maximum Gasteiger partial charge on any atom is 0.499 e. The second kappa shape index (κ2) is 4.93. The molecule has 20 heavy (non-hydrogen) atoms. The monoisotopic (exact) mass is 311 g/mol. The number of hydrogen-bond acceptors (Lipinski definition) is 2. The van der Waals surface area contributed by atoms with Crippen molar-refractivity contribution in [2.75, 3.05) is 0 Å². The molecule has 0 saturated heterocycles. The van der Waals surface area contributed by atoms with E-state index in [1.807, 2.05) is 0 Å². The molecule has 1 aromatic heterocycles. The third-order valence-electron chi connectivity index (χ3n) is 2.22. The Morgan fingerprint density at radius 2 is 1.90 bits per heavy atom. The highest BCUT2D eigenvalue weighted by Gasteiger charge is 2.61. The van der Waals surface area contributed by atoms with Gasteiger partial charge in [-0.1, -0.05) is 17.7 Å². The molecule has 0 fully saturated rings. The van der Waals surface area contributed by atoms with Gasteiger partial charge in [0.2, 0.25) is 0 Å². The first-order valence-corrected chi connectivity index (χ1v) is 5.43. The third kappa shape index (κ3) is 2.69. The second-order valence-electron chi connectivity index (χ2n) is 3.60. The summed E-state index contributed by atoms with van der Waals surface area (Å²) in [6.07, 6.45) is -6.31. The molecule has 0 amide bonds. The van der Waals surface area contributed by atoms with Gasteiger partial charge in [-0.2, -0.15) is 22.0 Å². The topological polar surface area (TPSA) is 27.1 Å². The van der Waals surface area contributed by atoms with Gasteiger partial charge in [-0.05, 0) is 12.1 Å². The Bertz CT molecular complexity index is 597. The molecule has 0 saturated carbocycles. The van der Waals surface area contributed by atoms with Crippen molar-refractivity contribution in [3.8, 4) is 11.4 Å². The van der Waals surface area contributed by atoms with E-state index >= 15 is 0 Å². The lowest BCUT2D eigenvalue weighted by atomic mass is 10.3. The van der Waals surface area contributed by atoms with Crippen LogP contribution in [0.3, 0.4) is 0 Å². The fourth-order valence-corrected chi connectivity index (χ4v) is 1.55. The SMILES string of the molecule is FC(F)(F)C(F)(F)Oc1c(Cl)cccc1-n1[c]ncc1. The van der Waals surface area contributed by atoms with E-state index in [4.69, 9.17) is 11.6 Å². The van der Waals surface area contributed by atoms with Crippen molar-refractivity contribution >= 4 is 11.6 Å². The van der Waals surface area contributed by atoms with Crippen LogP contribution in [0.4, 0.5) is 22.0 Å². The summed E-state index contributed by atoms with van der Waals surface area (Å²) in [6, 6.07) is 3.74. The van der Waals surface area contributed by atoms with E-state index in [1.165, 1.54) is 24.5 Å². The van der Waals surface area contributed by atoms with Gasteiger partial charge in [0.05, 0.1) is 10.7 Å². The Balaban J connectivity index is 2.47. The summed E-state index contributed by atoms with van der Waals surface area (Å²) in [5.41, 5.74) is -0.140. The molecule has 9 heteroatoms. The largest absolute Gasteiger partial charge is 0.499 e. The number of ether oxygens (including phenoxy) is 1. The molecule has 1 aromatic carbocycles. The number of rotatable bonds is 3. The van der Waals surface area contributed by atoms with Gasteiger partial charge in [0.25, 0.3) is 0 Å². The molecule has 0 aliphatic rings. The summed E-state index contributed by atoms with van der Waals surface area (Å²) >= 11 is 5.63. The van der Waals surface area contributed by atoms with E-state index < -0.39 is 23.1 Å². The molecule has 0 bridgehead atoms. The van der Waals surface area contributed by atoms with Crippen LogP contribution in [-0.4, -0.2) is 21.8 Å². The first-order chi connectivity index (χ1) is 9.22. The molecule has 0 aliphatic heterocycles. The first-order valence-electron chi connectivity index (χ1n) is 5.06. The standard InChI is InChI=1S/C11H5ClF5N2O/c12-7-2-1-3-8(19-5-4-18-6-19)9(7)20-11(16,17)10(13,14)15/h1-5H. The lowest BCUT2D eigenvalue weighted by molar-refractivity contribution is -0.360. The molecule has 2 rings (SSSR count). The quantitative estimate of drug-likeness (QED) is 0.805. The molecule has 0 unspecified atom stereocenters. The maximum absolute atomic E-state index is 13.0. The number of halogens is 6. The summed E-state index contributed by atoms with van der Waals surface area (Å²) in [5.74, 6) is -0.814. The van der Waals surface area contributed by atoms with Crippen molar-refractivity contribution in [1.29, 1.82) is 0 Å². The Kier molecular flexibility index (Phi) is 3.59. The minimum atomic E-state index is -5.86. The van der Waals surface area contributed by atoms with E-state index in [2.05, 4.69) is 16.0 Å². The van der Waals surface area contributed by atoms with E-state index in [0.29, 0.717) is 0 Å². The molecular weight excluding hydrogens is 307 g/mol. The molecule has 3 nitrogen and oxygen atoms in total. The zero-order valence-corrected chi connectivity index (χ0v) is 10.2. The second-order valence-corrected chi connectivity index (χ2v) is 4.01. The van der Waals surface area contributed by atoms with Gasteiger partial charge in [0.1, 0.15) is 0 Å². The van der Waals surface area contributed by atoms with Crippen LogP contribution < -0.4 is 4.74 Å². The van der Waals surface area contributed by atoms with E-state index in [9.17, 15) is 22.0 Å². The average molecular weight is 312 g/mol. The van der Waals surface area contributed by atoms with E-state index in [-0.39, 0.29) is 5.69 Å². The number of para-hydroxylation sites is 1. The van der Waals surface area contributed by atoms with Crippen molar-refractivity contribution in [3.63, 3.8) is 0 Å². The predicted molar refractivity (Wildman–Crippen MR) is 59.0 cm³/mol. The number of aromatic nitrogens is 2. The van der Waals surface area contributed by atoms with E-state index in [0.717, 1.165) is 10.6 Å². The molecule has 1 radical (unpaired) electrons. The zero-order valence-electron chi connectivity index (χ0n) is 9.46. The molecule has 2 aromatic rings.